The van der Waals surface area contributed by atoms with E-state index in [2.05, 4.69) is 41.5 Å². The second-order valence-corrected chi connectivity index (χ2v) is 29.1. The first-order valence-electron chi connectivity index (χ1n) is 36.5. The maximum atomic E-state index is 13.0. The molecule has 89 heavy (non-hydrogen) atoms. The van der Waals surface area contributed by atoms with Crippen molar-refractivity contribution in [1.82, 2.24) is 0 Å². The van der Waals surface area contributed by atoms with Gasteiger partial charge in [0.05, 0.1) is 26.4 Å². The summed E-state index contributed by atoms with van der Waals surface area (Å²) in [6.45, 7) is 9.51. The van der Waals surface area contributed by atoms with Gasteiger partial charge in [-0.25, -0.2) is 9.13 Å². The van der Waals surface area contributed by atoms with E-state index in [1.807, 2.05) is 0 Å². The molecule has 0 rings (SSSR count). The lowest BCUT2D eigenvalue weighted by molar-refractivity contribution is -0.161. The van der Waals surface area contributed by atoms with Crippen molar-refractivity contribution in [1.29, 1.82) is 0 Å². The number of rotatable bonds is 69. The maximum absolute atomic E-state index is 13.0. The Morgan fingerprint density at radius 3 is 0.764 bits per heavy atom. The third-order valence-corrected chi connectivity index (χ3v) is 18.1. The summed E-state index contributed by atoms with van der Waals surface area (Å²) in [5.41, 5.74) is 0. The monoisotopic (exact) mass is 1310 g/mol. The number of ether oxygens (including phenoxy) is 4. The summed E-state index contributed by atoms with van der Waals surface area (Å²) < 4.78 is 68.0. The van der Waals surface area contributed by atoms with Crippen LogP contribution in [0, 0.1) is 11.8 Å². The lowest BCUT2D eigenvalue weighted by Crippen LogP contribution is -2.30. The SMILES string of the molecule is CCCCCCCCCC(=O)OC[C@H](COP(=O)(O)OC[C@H](O)COP(=O)(O)OC[C@@H](COC(=O)CCCCCCCCCCCCCCCCC(C)C)OC(=O)CCCCCCCCCCCCCCCCCC(C)C)OC(=O)CCCCCCCCC. The third kappa shape index (κ3) is 64.6. The van der Waals surface area contributed by atoms with Gasteiger partial charge in [0.15, 0.2) is 12.2 Å². The van der Waals surface area contributed by atoms with Crippen LogP contribution in [-0.4, -0.2) is 96.7 Å². The molecule has 2 unspecified atom stereocenters. The largest absolute Gasteiger partial charge is 0.472 e. The number of carbonyl (C=O) groups excluding carboxylic acids is 4. The van der Waals surface area contributed by atoms with E-state index in [0.717, 1.165) is 127 Å². The number of carbonyl (C=O) groups is 4. The Morgan fingerprint density at radius 1 is 0.303 bits per heavy atom. The minimum absolute atomic E-state index is 0.103. The summed E-state index contributed by atoms with van der Waals surface area (Å²) in [5.74, 6) is -0.531. The van der Waals surface area contributed by atoms with Crippen LogP contribution in [0.15, 0.2) is 0 Å². The molecule has 0 aliphatic rings. The molecule has 0 amide bonds. The molecule has 0 fully saturated rings. The van der Waals surface area contributed by atoms with Crippen LogP contribution >= 0.6 is 15.6 Å². The van der Waals surface area contributed by atoms with E-state index in [1.165, 1.54) is 148 Å². The Morgan fingerprint density at radius 2 is 0.517 bits per heavy atom. The fourth-order valence-corrected chi connectivity index (χ4v) is 12.2. The molecule has 0 aliphatic carbocycles. The van der Waals surface area contributed by atoms with Gasteiger partial charge in [-0.3, -0.25) is 37.3 Å². The maximum Gasteiger partial charge on any atom is 0.472 e. The van der Waals surface area contributed by atoms with Crippen molar-refractivity contribution < 1.29 is 80.2 Å². The summed E-state index contributed by atoms with van der Waals surface area (Å²) >= 11 is 0. The zero-order chi connectivity index (χ0) is 65.7. The summed E-state index contributed by atoms with van der Waals surface area (Å²) in [4.78, 5) is 72.2. The topological polar surface area (TPSA) is 237 Å². The molecule has 0 saturated carbocycles. The molecule has 0 bridgehead atoms. The fraction of sp³-hybridized carbons (Fsp3) is 0.943. The highest BCUT2D eigenvalue weighted by atomic mass is 31.2. The number of aliphatic hydroxyl groups excluding tert-OH is 1. The standard InChI is InChI=1S/C70H136O17P2/c1-7-9-11-13-32-40-46-52-67(72)80-58-65(86-69(74)54-48-42-33-14-12-10-8-2)60-84-88(76,77)82-56-64(71)57-83-89(78,79)85-61-66(59-81-68(73)53-47-41-36-30-26-22-19-18-21-25-29-35-39-45-51-63(5)6)87-70(75)55-49-43-37-31-27-23-17-15-16-20-24-28-34-38-44-50-62(3)4/h62-66,71H,7-61H2,1-6H3,(H,76,77)(H,78,79)/t64-,65+,66+/m0/s1. The molecule has 0 radical (unpaired) electrons. The Kier molecular flexibility index (Phi) is 60.8. The number of phosphoric acid groups is 2. The summed E-state index contributed by atoms with van der Waals surface area (Å²) in [5, 5.41) is 10.5. The van der Waals surface area contributed by atoms with Crippen molar-refractivity contribution in [2.24, 2.45) is 11.8 Å². The van der Waals surface area contributed by atoms with Crippen LogP contribution in [0.25, 0.3) is 0 Å². The van der Waals surface area contributed by atoms with Crippen LogP contribution in [0.5, 0.6) is 0 Å². The van der Waals surface area contributed by atoms with Crippen LogP contribution < -0.4 is 0 Å². The molecule has 3 N–H and O–H groups in total. The predicted octanol–water partition coefficient (Wildman–Crippen LogP) is 20.0. The highest BCUT2D eigenvalue weighted by Crippen LogP contribution is 2.45. The van der Waals surface area contributed by atoms with Gasteiger partial charge in [0.1, 0.15) is 19.3 Å². The van der Waals surface area contributed by atoms with E-state index in [4.69, 9.17) is 37.0 Å². The van der Waals surface area contributed by atoms with E-state index in [-0.39, 0.29) is 25.7 Å². The van der Waals surface area contributed by atoms with Gasteiger partial charge in [-0.15, -0.1) is 0 Å². The first kappa shape index (κ1) is 87.1. The van der Waals surface area contributed by atoms with E-state index in [1.54, 1.807) is 0 Å². The van der Waals surface area contributed by atoms with Gasteiger partial charge in [-0.2, -0.15) is 0 Å². The highest BCUT2D eigenvalue weighted by molar-refractivity contribution is 7.47. The van der Waals surface area contributed by atoms with Crippen LogP contribution in [0.4, 0.5) is 0 Å². The molecule has 19 heteroatoms. The summed E-state index contributed by atoms with van der Waals surface area (Å²) in [6, 6.07) is 0. The lowest BCUT2D eigenvalue weighted by Gasteiger charge is -2.21. The normalized spacial score (nSPS) is 14.1. The first-order chi connectivity index (χ1) is 42.9. The average molecular weight is 1310 g/mol. The van der Waals surface area contributed by atoms with Crippen LogP contribution in [0.1, 0.15) is 356 Å². The van der Waals surface area contributed by atoms with E-state index < -0.39 is 97.5 Å². The van der Waals surface area contributed by atoms with Crippen molar-refractivity contribution >= 4 is 39.5 Å². The van der Waals surface area contributed by atoms with Gasteiger partial charge in [0.2, 0.25) is 0 Å². The van der Waals surface area contributed by atoms with Crippen molar-refractivity contribution in [2.75, 3.05) is 39.6 Å². The van der Waals surface area contributed by atoms with Gasteiger partial charge < -0.3 is 33.8 Å². The van der Waals surface area contributed by atoms with Gasteiger partial charge >= 0.3 is 39.5 Å². The van der Waals surface area contributed by atoms with Gasteiger partial charge in [0, 0.05) is 25.7 Å². The minimum Gasteiger partial charge on any atom is -0.462 e. The third-order valence-electron chi connectivity index (χ3n) is 16.2. The quantitative estimate of drug-likeness (QED) is 0.0222. The molecule has 0 aromatic heterocycles. The summed E-state index contributed by atoms with van der Waals surface area (Å²) in [7, 11) is -9.89. The number of phosphoric ester groups is 2. The first-order valence-corrected chi connectivity index (χ1v) is 39.5. The second-order valence-electron chi connectivity index (χ2n) is 26.2. The molecule has 17 nitrogen and oxygen atoms in total. The number of hydrogen-bond donors (Lipinski definition) is 3. The molecule has 0 aromatic carbocycles. The zero-order valence-electron chi connectivity index (χ0n) is 57.7. The fourth-order valence-electron chi connectivity index (χ4n) is 10.6. The van der Waals surface area contributed by atoms with Gasteiger partial charge in [0.25, 0.3) is 0 Å². The molecule has 0 heterocycles. The van der Waals surface area contributed by atoms with E-state index in [9.17, 15) is 43.2 Å². The smallest absolute Gasteiger partial charge is 0.462 e. The molecule has 0 aromatic rings. The van der Waals surface area contributed by atoms with Gasteiger partial charge in [-0.1, -0.05) is 305 Å². The van der Waals surface area contributed by atoms with Crippen LogP contribution in [0.2, 0.25) is 0 Å². The van der Waals surface area contributed by atoms with Crippen molar-refractivity contribution in [3.05, 3.63) is 0 Å². The summed E-state index contributed by atoms with van der Waals surface area (Å²) in [6.07, 6.45) is 47.5. The van der Waals surface area contributed by atoms with Crippen LogP contribution in [-0.2, 0) is 65.4 Å². The minimum atomic E-state index is -4.95. The van der Waals surface area contributed by atoms with Crippen molar-refractivity contribution in [2.45, 2.75) is 374 Å². The van der Waals surface area contributed by atoms with Crippen molar-refractivity contribution in [3.8, 4) is 0 Å². The number of esters is 4. The van der Waals surface area contributed by atoms with Crippen LogP contribution in [0.3, 0.4) is 0 Å². The van der Waals surface area contributed by atoms with Gasteiger partial charge in [-0.05, 0) is 37.5 Å². The van der Waals surface area contributed by atoms with E-state index >= 15 is 0 Å². The predicted molar refractivity (Wildman–Crippen MR) is 358 cm³/mol. The van der Waals surface area contributed by atoms with E-state index in [0.29, 0.717) is 25.7 Å². The molecule has 528 valence electrons. The average Bonchev–Trinajstić information content (AvgIpc) is 3.68. The van der Waals surface area contributed by atoms with Crippen molar-refractivity contribution in [3.63, 3.8) is 0 Å². The Bertz CT molecular complexity index is 1730. The Balaban J connectivity index is 5.14. The molecule has 0 aliphatic heterocycles. The zero-order valence-corrected chi connectivity index (χ0v) is 59.5. The Labute approximate surface area is 543 Å². The molecule has 0 spiro atoms. The Hall–Kier alpha value is -1.94. The molecular weight excluding hydrogens is 1170 g/mol. The second kappa shape index (κ2) is 62.2. The molecule has 5 atom stereocenters. The lowest BCUT2D eigenvalue weighted by atomic mass is 10.0. The highest BCUT2D eigenvalue weighted by Gasteiger charge is 2.30. The number of aliphatic hydroxyl groups is 1. The molecular formula is C70H136O17P2. The number of hydrogen-bond acceptors (Lipinski definition) is 15. The molecule has 0 saturated heterocycles. The number of unbranched alkanes of at least 4 members (excludes halogenated alkanes) is 39.